The molecule has 0 atom stereocenters. The lowest BCUT2D eigenvalue weighted by atomic mass is 10.1. The number of aryl methyl sites for hydroxylation is 1. The van der Waals surface area contributed by atoms with Crippen molar-refractivity contribution in [1.29, 1.82) is 5.26 Å². The van der Waals surface area contributed by atoms with Crippen LogP contribution in [0.3, 0.4) is 0 Å². The summed E-state index contributed by atoms with van der Waals surface area (Å²) in [5.41, 5.74) is 4.91. The molecule has 2 heterocycles. The van der Waals surface area contributed by atoms with Crippen LogP contribution < -0.4 is 0 Å². The summed E-state index contributed by atoms with van der Waals surface area (Å²) in [4.78, 5) is 4.44. The smallest absolute Gasteiger partial charge is 0.134 e. The summed E-state index contributed by atoms with van der Waals surface area (Å²) < 4.78 is 1.82. The Balaban J connectivity index is 1.87. The van der Waals surface area contributed by atoms with E-state index in [0.29, 0.717) is 15.6 Å². The van der Waals surface area contributed by atoms with Gasteiger partial charge in [-0.2, -0.15) is 10.4 Å². The van der Waals surface area contributed by atoms with Gasteiger partial charge in [-0.3, -0.25) is 0 Å². The second-order valence-corrected chi connectivity index (χ2v) is 7.48. The van der Waals surface area contributed by atoms with Crippen LogP contribution >= 0.6 is 22.9 Å². The first kappa shape index (κ1) is 18.2. The van der Waals surface area contributed by atoms with Crippen LogP contribution in [-0.4, -0.2) is 14.8 Å². The van der Waals surface area contributed by atoms with Gasteiger partial charge in [-0.25, -0.2) is 9.67 Å². The van der Waals surface area contributed by atoms with E-state index in [1.54, 1.807) is 0 Å². The molecule has 0 N–H and O–H groups in total. The van der Waals surface area contributed by atoms with E-state index in [2.05, 4.69) is 11.1 Å². The first-order valence-corrected chi connectivity index (χ1v) is 9.85. The Labute approximate surface area is 172 Å². The monoisotopic (exact) mass is 402 g/mol. The zero-order valence-corrected chi connectivity index (χ0v) is 16.6. The molecule has 0 aliphatic rings. The molecule has 0 radical (unpaired) electrons. The summed E-state index contributed by atoms with van der Waals surface area (Å²) in [6.45, 7) is 1.92. The maximum absolute atomic E-state index is 9.68. The molecule has 2 aromatic carbocycles. The fraction of sp³-hybridized carbons (Fsp3) is 0.0455. The van der Waals surface area contributed by atoms with Crippen LogP contribution in [0.15, 0.2) is 66.2 Å². The molecule has 0 bridgehead atoms. The topological polar surface area (TPSA) is 54.5 Å². The Morgan fingerprint density at radius 3 is 2.54 bits per heavy atom. The minimum Gasteiger partial charge on any atom is -0.241 e. The van der Waals surface area contributed by atoms with Crippen molar-refractivity contribution in [2.45, 2.75) is 6.92 Å². The van der Waals surface area contributed by atoms with E-state index >= 15 is 0 Å². The minimum absolute atomic E-state index is 0.515. The third kappa shape index (κ3) is 3.74. The van der Waals surface area contributed by atoms with Crippen molar-refractivity contribution in [2.24, 2.45) is 0 Å². The number of hydrogen-bond acceptors (Lipinski definition) is 4. The zero-order valence-electron chi connectivity index (χ0n) is 15.0. The van der Waals surface area contributed by atoms with Crippen LogP contribution in [0.2, 0.25) is 5.02 Å². The first-order valence-electron chi connectivity index (χ1n) is 8.59. The molecule has 0 spiro atoms. The van der Waals surface area contributed by atoms with Gasteiger partial charge in [0.25, 0.3) is 0 Å². The fourth-order valence-electron chi connectivity index (χ4n) is 2.81. The van der Waals surface area contributed by atoms with Crippen LogP contribution in [0.4, 0.5) is 0 Å². The van der Waals surface area contributed by atoms with Crippen molar-refractivity contribution >= 4 is 34.6 Å². The molecule has 4 nitrogen and oxygen atoms in total. The summed E-state index contributed by atoms with van der Waals surface area (Å²) in [6, 6.07) is 19.7. The van der Waals surface area contributed by atoms with E-state index in [4.69, 9.17) is 16.7 Å². The average Bonchev–Trinajstić information content (AvgIpc) is 3.34. The van der Waals surface area contributed by atoms with Crippen molar-refractivity contribution in [3.05, 3.63) is 87.5 Å². The predicted octanol–water partition coefficient (Wildman–Crippen LogP) is 6.02. The third-order valence-corrected chi connectivity index (χ3v) is 5.40. The van der Waals surface area contributed by atoms with Crippen LogP contribution in [0, 0.1) is 18.3 Å². The largest absolute Gasteiger partial charge is 0.241 e. The van der Waals surface area contributed by atoms with Gasteiger partial charge in [-0.1, -0.05) is 41.9 Å². The first-order chi connectivity index (χ1) is 13.6. The average molecular weight is 403 g/mol. The Hall–Kier alpha value is -3.20. The molecule has 0 aliphatic heterocycles. The Bertz CT molecular complexity index is 1180. The van der Waals surface area contributed by atoms with Gasteiger partial charge in [0.1, 0.15) is 11.1 Å². The van der Waals surface area contributed by atoms with Gasteiger partial charge in [0.15, 0.2) is 0 Å². The number of thiazole rings is 1. The van der Waals surface area contributed by atoms with Gasteiger partial charge in [-0.05, 0) is 37.3 Å². The highest BCUT2D eigenvalue weighted by Crippen LogP contribution is 2.29. The summed E-state index contributed by atoms with van der Waals surface area (Å²) in [7, 11) is 0. The molecule has 0 aliphatic carbocycles. The second kappa shape index (κ2) is 7.81. The lowest BCUT2D eigenvalue weighted by Gasteiger charge is -2.01. The molecule has 136 valence electrons. The highest BCUT2D eigenvalue weighted by atomic mass is 35.5. The molecule has 6 heteroatoms. The van der Waals surface area contributed by atoms with E-state index < -0.39 is 0 Å². The number of para-hydroxylation sites is 1. The van der Waals surface area contributed by atoms with E-state index in [1.165, 1.54) is 11.3 Å². The number of rotatable bonds is 4. The molecule has 2 aromatic heterocycles. The normalized spacial score (nSPS) is 11.4. The quantitative estimate of drug-likeness (QED) is 0.392. The van der Waals surface area contributed by atoms with E-state index in [9.17, 15) is 5.26 Å². The standard InChI is InChI=1S/C22H15ClN4S/c1-15-14-28-22(25-15)17(12-24)11-18-13-27(20-5-3-2-4-6-20)26-21(18)16-7-9-19(23)10-8-16/h2-11,13-14H,1H3/b17-11+. The lowest BCUT2D eigenvalue weighted by molar-refractivity contribution is 0.884. The molecular formula is C22H15ClN4S. The van der Waals surface area contributed by atoms with Crippen molar-refractivity contribution in [1.82, 2.24) is 14.8 Å². The SMILES string of the molecule is Cc1csc(/C(C#N)=C/c2cn(-c3ccccc3)nc2-c2ccc(Cl)cc2)n1. The van der Waals surface area contributed by atoms with Crippen molar-refractivity contribution in [3.63, 3.8) is 0 Å². The number of nitriles is 1. The predicted molar refractivity (Wildman–Crippen MR) is 114 cm³/mol. The van der Waals surface area contributed by atoms with Gasteiger partial charge >= 0.3 is 0 Å². The number of allylic oxidation sites excluding steroid dienone is 1. The van der Waals surface area contributed by atoms with Gasteiger partial charge in [0.05, 0.1) is 17.0 Å². The summed E-state index contributed by atoms with van der Waals surface area (Å²) in [5, 5.41) is 17.8. The van der Waals surface area contributed by atoms with Crippen molar-refractivity contribution in [2.75, 3.05) is 0 Å². The molecule has 4 aromatic rings. The van der Waals surface area contributed by atoms with Gasteiger partial charge in [0, 0.05) is 33.4 Å². The Morgan fingerprint density at radius 1 is 1.14 bits per heavy atom. The molecular weight excluding hydrogens is 388 g/mol. The fourth-order valence-corrected chi connectivity index (χ4v) is 3.70. The molecule has 0 saturated heterocycles. The molecule has 0 saturated carbocycles. The molecule has 0 fully saturated rings. The number of halogens is 1. The number of aromatic nitrogens is 3. The lowest BCUT2D eigenvalue weighted by Crippen LogP contribution is -1.93. The Kier molecular flexibility index (Phi) is 5.07. The maximum atomic E-state index is 9.68. The molecule has 28 heavy (non-hydrogen) atoms. The second-order valence-electron chi connectivity index (χ2n) is 6.18. The minimum atomic E-state index is 0.515. The van der Waals surface area contributed by atoms with Crippen molar-refractivity contribution < 1.29 is 0 Å². The van der Waals surface area contributed by atoms with Gasteiger partial charge < -0.3 is 0 Å². The van der Waals surface area contributed by atoms with Crippen LogP contribution in [0.25, 0.3) is 28.6 Å². The van der Waals surface area contributed by atoms with E-state index in [-0.39, 0.29) is 0 Å². The number of benzene rings is 2. The summed E-state index contributed by atoms with van der Waals surface area (Å²) in [5.74, 6) is 0. The number of nitrogens with zero attached hydrogens (tertiary/aromatic N) is 4. The Morgan fingerprint density at radius 2 is 1.89 bits per heavy atom. The molecule has 0 amide bonds. The number of hydrogen-bond donors (Lipinski definition) is 0. The summed E-state index contributed by atoms with van der Waals surface area (Å²) >= 11 is 7.50. The highest BCUT2D eigenvalue weighted by molar-refractivity contribution is 7.11. The van der Waals surface area contributed by atoms with E-state index in [1.807, 2.05) is 83.9 Å². The molecule has 4 rings (SSSR count). The van der Waals surface area contributed by atoms with Gasteiger partial charge in [-0.15, -0.1) is 11.3 Å². The van der Waals surface area contributed by atoms with Gasteiger partial charge in [0.2, 0.25) is 0 Å². The van der Waals surface area contributed by atoms with Crippen LogP contribution in [0.1, 0.15) is 16.3 Å². The summed E-state index contributed by atoms with van der Waals surface area (Å²) in [6.07, 6.45) is 3.77. The highest BCUT2D eigenvalue weighted by Gasteiger charge is 2.14. The van der Waals surface area contributed by atoms with E-state index in [0.717, 1.165) is 28.2 Å². The molecule has 0 unspecified atom stereocenters. The van der Waals surface area contributed by atoms with Crippen LogP contribution in [0.5, 0.6) is 0 Å². The van der Waals surface area contributed by atoms with Crippen molar-refractivity contribution in [3.8, 4) is 23.0 Å². The zero-order chi connectivity index (χ0) is 19.5. The van der Waals surface area contributed by atoms with Crippen LogP contribution in [-0.2, 0) is 0 Å². The maximum Gasteiger partial charge on any atom is 0.134 e. The third-order valence-electron chi connectivity index (χ3n) is 4.15.